The number of nitrogens with two attached hydrogens (primary N) is 1. The van der Waals surface area contributed by atoms with Gasteiger partial charge < -0.3 is 15.0 Å². The molecule has 0 atom stereocenters. The highest BCUT2D eigenvalue weighted by molar-refractivity contribution is 6.02. The van der Waals surface area contributed by atoms with Crippen molar-refractivity contribution in [3.05, 3.63) is 30.7 Å². The quantitative estimate of drug-likeness (QED) is 0.444. The zero-order chi connectivity index (χ0) is 13.9. The largest absolute Gasteiger partial charge is 0.399 e. The monoisotopic (exact) mass is 266 g/mol. The van der Waals surface area contributed by atoms with Crippen molar-refractivity contribution in [2.75, 3.05) is 18.9 Å². The van der Waals surface area contributed by atoms with Crippen LogP contribution in [0.1, 0.15) is 0 Å². The standard InChI is InChI=1S/C15H14N4O/c1-2-6-20-7-5-19-10-18-14-9-17-13-8-11(16)3-4-12(13)15(14)19/h1,3-4,8-10H,5-7,16H2. The number of aromatic nitrogens is 3. The Labute approximate surface area is 116 Å². The second-order valence-corrected chi connectivity index (χ2v) is 4.46. The maximum absolute atomic E-state index is 5.79. The highest BCUT2D eigenvalue weighted by atomic mass is 16.5. The summed E-state index contributed by atoms with van der Waals surface area (Å²) in [5.74, 6) is 2.45. The molecule has 2 heterocycles. The molecule has 0 amide bonds. The van der Waals surface area contributed by atoms with E-state index in [1.165, 1.54) is 0 Å². The van der Waals surface area contributed by atoms with Crippen LogP contribution in [0.25, 0.3) is 21.9 Å². The highest BCUT2D eigenvalue weighted by Crippen LogP contribution is 2.24. The average Bonchev–Trinajstić information content (AvgIpc) is 2.87. The van der Waals surface area contributed by atoms with E-state index < -0.39 is 0 Å². The van der Waals surface area contributed by atoms with E-state index in [9.17, 15) is 0 Å². The van der Waals surface area contributed by atoms with Gasteiger partial charge in [-0.3, -0.25) is 4.98 Å². The van der Waals surface area contributed by atoms with E-state index in [0.29, 0.717) is 25.4 Å². The van der Waals surface area contributed by atoms with Gasteiger partial charge in [-0.1, -0.05) is 5.92 Å². The Hall–Kier alpha value is -2.58. The van der Waals surface area contributed by atoms with Crippen LogP contribution in [-0.2, 0) is 11.3 Å². The third-order valence-corrected chi connectivity index (χ3v) is 3.13. The molecule has 2 aromatic heterocycles. The Morgan fingerprint density at radius 1 is 1.30 bits per heavy atom. The van der Waals surface area contributed by atoms with Crippen LogP contribution in [0.3, 0.4) is 0 Å². The van der Waals surface area contributed by atoms with E-state index in [1.807, 2.05) is 22.8 Å². The van der Waals surface area contributed by atoms with E-state index in [2.05, 4.69) is 15.9 Å². The van der Waals surface area contributed by atoms with Crippen LogP contribution in [0, 0.1) is 12.3 Å². The molecule has 3 rings (SSSR count). The Balaban J connectivity index is 2.03. The average molecular weight is 266 g/mol. The van der Waals surface area contributed by atoms with Crippen molar-refractivity contribution in [3.8, 4) is 12.3 Å². The predicted octanol–water partition coefficient (Wildman–Crippen LogP) is 1.82. The summed E-state index contributed by atoms with van der Waals surface area (Å²) in [6.45, 7) is 1.57. The van der Waals surface area contributed by atoms with Crippen LogP contribution >= 0.6 is 0 Å². The number of imidazole rings is 1. The maximum Gasteiger partial charge on any atom is 0.107 e. The van der Waals surface area contributed by atoms with Gasteiger partial charge in [0, 0.05) is 17.6 Å². The van der Waals surface area contributed by atoms with Crippen molar-refractivity contribution >= 4 is 27.6 Å². The lowest BCUT2D eigenvalue weighted by Gasteiger charge is -2.06. The van der Waals surface area contributed by atoms with Crippen LogP contribution in [0.4, 0.5) is 5.69 Å². The summed E-state index contributed by atoms with van der Waals surface area (Å²) >= 11 is 0. The minimum Gasteiger partial charge on any atom is -0.399 e. The molecular weight excluding hydrogens is 252 g/mol. The molecule has 0 radical (unpaired) electrons. The van der Waals surface area contributed by atoms with Crippen molar-refractivity contribution in [3.63, 3.8) is 0 Å². The fourth-order valence-electron chi connectivity index (χ4n) is 2.24. The van der Waals surface area contributed by atoms with Gasteiger partial charge in [0.15, 0.2) is 0 Å². The Morgan fingerprint density at radius 2 is 2.20 bits per heavy atom. The highest BCUT2D eigenvalue weighted by Gasteiger charge is 2.08. The summed E-state index contributed by atoms with van der Waals surface area (Å²) in [7, 11) is 0. The number of terminal acetylenes is 1. The number of fused-ring (bicyclic) bond motifs is 3. The van der Waals surface area contributed by atoms with Gasteiger partial charge in [0.05, 0.1) is 30.2 Å². The van der Waals surface area contributed by atoms with Gasteiger partial charge in [0.1, 0.15) is 12.1 Å². The molecule has 0 aliphatic carbocycles. The first-order chi connectivity index (χ1) is 9.79. The van der Waals surface area contributed by atoms with Crippen molar-refractivity contribution in [1.29, 1.82) is 0 Å². The first kappa shape index (κ1) is 12.5. The molecular formula is C15H14N4O. The molecule has 0 aliphatic heterocycles. The minimum absolute atomic E-state index is 0.325. The number of hydrogen-bond donors (Lipinski definition) is 1. The summed E-state index contributed by atoms with van der Waals surface area (Å²) in [5, 5.41) is 1.03. The number of nitrogen functional groups attached to an aromatic ring is 1. The smallest absolute Gasteiger partial charge is 0.107 e. The molecule has 5 heteroatoms. The molecule has 0 spiro atoms. The fraction of sp³-hybridized carbons (Fsp3) is 0.200. The SMILES string of the molecule is C#CCOCCn1cnc2cnc3cc(N)ccc3c21. The zero-order valence-electron chi connectivity index (χ0n) is 10.9. The Morgan fingerprint density at radius 3 is 3.05 bits per heavy atom. The molecule has 0 aliphatic rings. The van der Waals surface area contributed by atoms with Gasteiger partial charge in [-0.2, -0.15) is 0 Å². The second kappa shape index (κ2) is 5.19. The summed E-state index contributed by atoms with van der Waals surface area (Å²) < 4.78 is 7.36. The van der Waals surface area contributed by atoms with Crippen LogP contribution in [0.15, 0.2) is 30.7 Å². The maximum atomic E-state index is 5.79. The number of hydrogen-bond acceptors (Lipinski definition) is 4. The van der Waals surface area contributed by atoms with Crippen molar-refractivity contribution < 1.29 is 4.74 Å². The molecule has 0 saturated heterocycles. The van der Waals surface area contributed by atoms with Crippen molar-refractivity contribution in [2.45, 2.75) is 6.54 Å². The van der Waals surface area contributed by atoms with Crippen LogP contribution in [0.5, 0.6) is 0 Å². The van der Waals surface area contributed by atoms with Gasteiger partial charge in [-0.05, 0) is 18.2 Å². The zero-order valence-corrected chi connectivity index (χ0v) is 10.9. The summed E-state index contributed by atoms with van der Waals surface area (Å²) in [4.78, 5) is 8.74. The number of ether oxygens (including phenoxy) is 1. The second-order valence-electron chi connectivity index (χ2n) is 4.46. The Bertz CT molecular complexity index is 801. The van der Waals surface area contributed by atoms with Gasteiger partial charge in [0.25, 0.3) is 0 Å². The topological polar surface area (TPSA) is 66.0 Å². The first-order valence-corrected chi connectivity index (χ1v) is 6.30. The number of benzene rings is 1. The van der Waals surface area contributed by atoms with E-state index in [0.717, 1.165) is 21.9 Å². The van der Waals surface area contributed by atoms with Gasteiger partial charge >= 0.3 is 0 Å². The van der Waals surface area contributed by atoms with E-state index >= 15 is 0 Å². The third kappa shape index (κ3) is 2.17. The van der Waals surface area contributed by atoms with Gasteiger partial charge in [-0.25, -0.2) is 4.98 Å². The van der Waals surface area contributed by atoms with Crippen LogP contribution in [-0.4, -0.2) is 27.7 Å². The van der Waals surface area contributed by atoms with Gasteiger partial charge in [0.2, 0.25) is 0 Å². The van der Waals surface area contributed by atoms with E-state index in [1.54, 1.807) is 12.5 Å². The summed E-state index contributed by atoms with van der Waals surface area (Å²) in [6, 6.07) is 5.71. The Kier molecular flexibility index (Phi) is 3.23. The molecule has 20 heavy (non-hydrogen) atoms. The molecule has 0 fully saturated rings. The van der Waals surface area contributed by atoms with Crippen molar-refractivity contribution in [2.24, 2.45) is 0 Å². The molecule has 5 nitrogen and oxygen atoms in total. The van der Waals surface area contributed by atoms with Crippen LogP contribution in [0.2, 0.25) is 0 Å². The number of nitrogens with zero attached hydrogens (tertiary/aromatic N) is 3. The molecule has 0 saturated carbocycles. The fourth-order valence-corrected chi connectivity index (χ4v) is 2.24. The molecule has 1 aromatic carbocycles. The minimum atomic E-state index is 0.325. The lowest BCUT2D eigenvalue weighted by Crippen LogP contribution is -2.05. The third-order valence-electron chi connectivity index (χ3n) is 3.13. The van der Waals surface area contributed by atoms with Crippen molar-refractivity contribution in [1.82, 2.24) is 14.5 Å². The summed E-state index contributed by atoms with van der Waals surface area (Å²) in [6.07, 6.45) is 8.71. The first-order valence-electron chi connectivity index (χ1n) is 6.30. The predicted molar refractivity (Wildman–Crippen MR) is 79.1 cm³/mol. The lowest BCUT2D eigenvalue weighted by molar-refractivity contribution is 0.158. The van der Waals surface area contributed by atoms with E-state index in [-0.39, 0.29) is 0 Å². The normalized spacial score (nSPS) is 10.9. The molecule has 0 unspecified atom stereocenters. The lowest BCUT2D eigenvalue weighted by atomic mass is 10.2. The molecule has 100 valence electrons. The molecule has 3 aromatic rings. The van der Waals surface area contributed by atoms with E-state index in [4.69, 9.17) is 16.9 Å². The van der Waals surface area contributed by atoms with Gasteiger partial charge in [-0.15, -0.1) is 6.42 Å². The number of rotatable bonds is 4. The van der Waals surface area contributed by atoms with Crippen LogP contribution < -0.4 is 5.73 Å². The summed E-state index contributed by atoms with van der Waals surface area (Å²) in [5.41, 5.74) is 9.26. The molecule has 2 N–H and O–H groups in total. The number of pyridine rings is 1. The number of anilines is 1. The molecule has 0 bridgehead atoms.